The highest BCUT2D eigenvalue weighted by atomic mass is 32.2. The van der Waals surface area contributed by atoms with E-state index in [2.05, 4.69) is 65.0 Å². The number of thioether (sulfide) groups is 2. The maximum Gasteiger partial charge on any atom is 0.352 e. The van der Waals surface area contributed by atoms with E-state index in [1.165, 1.54) is 41.1 Å². The normalized spacial score (nSPS) is 20.4. The van der Waals surface area contributed by atoms with Gasteiger partial charge in [-0.2, -0.15) is 0 Å². The van der Waals surface area contributed by atoms with E-state index in [1.807, 2.05) is 6.07 Å². The molecule has 3 aliphatic heterocycles. The predicted octanol–water partition coefficient (Wildman–Crippen LogP) is 0.801. The molecule has 19 heteroatoms. The number of anilines is 1. The molecule has 4 N–H and O–H groups in total. The number of piperazine rings is 1. The Morgan fingerprint density at radius 3 is 2.65 bits per heavy atom. The second-order valence-electron chi connectivity index (χ2n) is 11.2. The van der Waals surface area contributed by atoms with E-state index >= 15 is 0 Å². The number of carbonyl (C=O) groups excluding carboxylic acids is 2. The number of hydrogen-bond acceptors (Lipinski definition) is 15. The lowest BCUT2D eigenvalue weighted by Crippen LogP contribution is -2.71. The Balaban J connectivity index is 1.00. The fraction of sp³-hybridized carbons (Fsp3) is 0.448. The maximum absolute atomic E-state index is 13.2. The van der Waals surface area contributed by atoms with Gasteiger partial charge in [0.1, 0.15) is 29.9 Å². The molecular formula is C29H35N11O5S3. The number of carbonyl (C=O) groups is 3. The molecule has 0 spiro atoms. The first kappa shape index (κ1) is 33.8. The Labute approximate surface area is 288 Å². The van der Waals surface area contributed by atoms with Crippen molar-refractivity contribution in [1.29, 1.82) is 0 Å². The average molecular weight is 714 g/mol. The maximum atomic E-state index is 13.2. The summed E-state index contributed by atoms with van der Waals surface area (Å²) in [7, 11) is 1.29. The number of nitrogens with two attached hydrogens (primary N) is 1. The summed E-state index contributed by atoms with van der Waals surface area (Å²) >= 11 is 3.84. The lowest BCUT2D eigenvalue weighted by atomic mass is 10.0. The number of oxime groups is 1. The zero-order valence-corrected chi connectivity index (χ0v) is 28.5. The number of β-lactam (4-membered cyclic amide) rings is 1. The zero-order chi connectivity index (χ0) is 33.6. The first-order valence-corrected chi connectivity index (χ1v) is 18.1. The van der Waals surface area contributed by atoms with Crippen LogP contribution in [0.3, 0.4) is 0 Å². The van der Waals surface area contributed by atoms with E-state index in [9.17, 15) is 19.5 Å². The van der Waals surface area contributed by atoms with Gasteiger partial charge in [-0.15, -0.1) is 28.2 Å². The highest BCUT2D eigenvalue weighted by Gasteiger charge is 2.54. The summed E-state index contributed by atoms with van der Waals surface area (Å²) in [5.74, 6) is -1.77. The fourth-order valence-electron chi connectivity index (χ4n) is 5.74. The summed E-state index contributed by atoms with van der Waals surface area (Å²) in [6, 6.07) is 9.58. The monoisotopic (exact) mass is 713 g/mol. The largest absolute Gasteiger partial charge is 0.477 e. The summed E-state index contributed by atoms with van der Waals surface area (Å²) in [6.07, 6.45) is 0.875. The second kappa shape index (κ2) is 15.5. The SMILES string of the molecule is CON=C(C(=O)NC1C(=O)N2C(C(=O)O)=C(CSc3nnnn3CCCN3CCN(Cc4ccccc4)CC3)CS[C@@H]12)c1csc(N)n1. The molecule has 254 valence electrons. The van der Waals surface area contributed by atoms with Gasteiger partial charge in [0.15, 0.2) is 10.8 Å². The number of nitrogen functional groups attached to an aromatic ring is 1. The van der Waals surface area contributed by atoms with Crippen molar-refractivity contribution < 1.29 is 24.3 Å². The van der Waals surface area contributed by atoms with Gasteiger partial charge in [-0.25, -0.2) is 14.5 Å². The minimum atomic E-state index is -1.21. The minimum Gasteiger partial charge on any atom is -0.477 e. The number of fused-ring (bicyclic) bond motifs is 1. The first-order chi connectivity index (χ1) is 23.3. The van der Waals surface area contributed by atoms with Crippen LogP contribution in [-0.4, -0.2) is 131 Å². The summed E-state index contributed by atoms with van der Waals surface area (Å²) in [4.78, 5) is 53.6. The van der Waals surface area contributed by atoms with Crippen molar-refractivity contribution in [2.75, 3.05) is 57.1 Å². The van der Waals surface area contributed by atoms with Crippen molar-refractivity contribution in [2.24, 2.45) is 5.16 Å². The van der Waals surface area contributed by atoms with Crippen LogP contribution in [0.4, 0.5) is 5.13 Å². The molecule has 6 rings (SSSR count). The minimum absolute atomic E-state index is 0.0785. The van der Waals surface area contributed by atoms with Crippen LogP contribution in [0.25, 0.3) is 0 Å². The molecule has 0 saturated carbocycles. The number of carboxylic acid groups (broad SMARTS) is 1. The number of benzene rings is 1. The molecular weight excluding hydrogens is 679 g/mol. The molecule has 2 aromatic heterocycles. The molecule has 2 saturated heterocycles. The highest BCUT2D eigenvalue weighted by molar-refractivity contribution is 8.01. The van der Waals surface area contributed by atoms with Crippen LogP contribution in [0.1, 0.15) is 17.7 Å². The smallest absolute Gasteiger partial charge is 0.352 e. The van der Waals surface area contributed by atoms with Crippen molar-refractivity contribution in [2.45, 2.75) is 36.1 Å². The molecule has 2 fully saturated rings. The molecule has 0 aliphatic carbocycles. The number of nitrogens with zero attached hydrogens (tertiary/aromatic N) is 9. The quantitative estimate of drug-likeness (QED) is 0.0918. The molecule has 16 nitrogen and oxygen atoms in total. The van der Waals surface area contributed by atoms with Gasteiger partial charge >= 0.3 is 5.97 Å². The van der Waals surface area contributed by atoms with E-state index in [0.29, 0.717) is 28.8 Å². The number of aromatic nitrogens is 5. The second-order valence-corrected chi connectivity index (χ2v) is 14.2. The topological polar surface area (TPSA) is 197 Å². The van der Waals surface area contributed by atoms with E-state index in [4.69, 9.17) is 10.6 Å². The van der Waals surface area contributed by atoms with Crippen LogP contribution in [-0.2, 0) is 32.3 Å². The number of amides is 2. The molecule has 1 aromatic carbocycles. The molecule has 5 heterocycles. The van der Waals surface area contributed by atoms with E-state index in [0.717, 1.165) is 57.0 Å². The van der Waals surface area contributed by atoms with Crippen LogP contribution in [0, 0.1) is 0 Å². The van der Waals surface area contributed by atoms with E-state index in [-0.39, 0.29) is 22.2 Å². The van der Waals surface area contributed by atoms with Crippen LogP contribution < -0.4 is 11.1 Å². The van der Waals surface area contributed by atoms with Crippen LogP contribution in [0.15, 0.2) is 57.3 Å². The number of tetrazole rings is 1. The van der Waals surface area contributed by atoms with Gasteiger partial charge in [-0.1, -0.05) is 47.2 Å². The van der Waals surface area contributed by atoms with Crippen LogP contribution >= 0.6 is 34.9 Å². The summed E-state index contributed by atoms with van der Waals surface area (Å²) < 4.78 is 1.74. The molecule has 1 unspecified atom stereocenters. The van der Waals surface area contributed by atoms with Gasteiger partial charge < -0.3 is 25.9 Å². The molecule has 2 atom stereocenters. The highest BCUT2D eigenvalue weighted by Crippen LogP contribution is 2.41. The number of nitrogens with one attached hydrogen (secondary N) is 1. The fourth-order valence-corrected chi connectivity index (χ4v) is 8.68. The lowest BCUT2D eigenvalue weighted by molar-refractivity contribution is -0.150. The Kier molecular flexibility index (Phi) is 10.9. The lowest BCUT2D eigenvalue weighted by Gasteiger charge is -2.49. The molecule has 3 aliphatic rings. The van der Waals surface area contributed by atoms with E-state index < -0.39 is 29.2 Å². The third-order valence-electron chi connectivity index (χ3n) is 8.13. The van der Waals surface area contributed by atoms with Crippen molar-refractivity contribution >= 4 is 63.5 Å². The summed E-state index contributed by atoms with van der Waals surface area (Å²) in [5, 5.41) is 30.5. The average Bonchev–Trinajstić information content (AvgIpc) is 3.74. The van der Waals surface area contributed by atoms with Gasteiger partial charge in [-0.05, 0) is 28.0 Å². The number of rotatable bonds is 14. The van der Waals surface area contributed by atoms with Gasteiger partial charge in [0.25, 0.3) is 11.8 Å². The summed E-state index contributed by atoms with van der Waals surface area (Å²) in [6.45, 7) is 6.61. The van der Waals surface area contributed by atoms with E-state index in [1.54, 1.807) is 10.1 Å². The Morgan fingerprint density at radius 1 is 1.17 bits per heavy atom. The van der Waals surface area contributed by atoms with Crippen molar-refractivity contribution in [1.82, 2.24) is 45.2 Å². The van der Waals surface area contributed by atoms with Gasteiger partial charge in [0.2, 0.25) is 5.16 Å². The standard InChI is InChI=1S/C29H35N11O5S3/c1-45-34-21(20-17-47-28(30)31-20)24(41)32-22-25(42)40-23(27(43)44)19(15-46-26(22)40)16-48-29-33-35-36-39(29)9-5-8-37-10-12-38(13-11-37)14-18-6-3-2-4-7-18/h2-4,6-7,17,22,26H,5,8-16H2,1H3,(H2,30,31)(H,32,41)(H,43,44)/t22?,26-/m0/s1. The Morgan fingerprint density at radius 2 is 1.94 bits per heavy atom. The number of thiazole rings is 1. The van der Waals surface area contributed by atoms with Gasteiger partial charge in [-0.3, -0.25) is 19.4 Å². The molecule has 2 amide bonds. The molecule has 0 bridgehead atoms. The van der Waals surface area contributed by atoms with Crippen molar-refractivity contribution in [3.8, 4) is 0 Å². The number of carboxylic acids is 1. The van der Waals surface area contributed by atoms with Crippen molar-refractivity contribution in [3.63, 3.8) is 0 Å². The van der Waals surface area contributed by atoms with Crippen LogP contribution in [0.5, 0.6) is 0 Å². The molecule has 3 aromatic rings. The van der Waals surface area contributed by atoms with Gasteiger partial charge in [0.05, 0.1) is 0 Å². The first-order valence-electron chi connectivity index (χ1n) is 15.2. The molecule has 0 radical (unpaired) electrons. The number of hydrogen-bond donors (Lipinski definition) is 3. The Bertz CT molecular complexity index is 1690. The Hall–Kier alpha value is -4.04. The van der Waals surface area contributed by atoms with Crippen molar-refractivity contribution in [3.05, 3.63) is 58.2 Å². The molecule has 48 heavy (non-hydrogen) atoms. The predicted molar refractivity (Wildman–Crippen MR) is 181 cm³/mol. The third kappa shape index (κ3) is 7.64. The summed E-state index contributed by atoms with van der Waals surface area (Å²) in [5.41, 5.74) is 7.60. The third-order valence-corrected chi connectivity index (χ3v) is 11.2. The van der Waals surface area contributed by atoms with Gasteiger partial charge in [0, 0.05) is 62.7 Å². The number of aliphatic carboxylic acids is 1. The van der Waals surface area contributed by atoms with Crippen LogP contribution in [0.2, 0.25) is 0 Å². The zero-order valence-electron chi connectivity index (χ0n) is 26.1. The number of aryl methyl sites for hydroxylation is 1.